The van der Waals surface area contributed by atoms with E-state index in [0.29, 0.717) is 19.7 Å². The molecule has 0 spiro atoms. The molecule has 0 saturated carbocycles. The van der Waals surface area contributed by atoms with Gasteiger partial charge in [0.25, 0.3) is 0 Å². The summed E-state index contributed by atoms with van der Waals surface area (Å²) in [7, 11) is 0. The van der Waals surface area contributed by atoms with Crippen molar-refractivity contribution in [3.05, 3.63) is 29.8 Å². The molecule has 1 aromatic carbocycles. The third-order valence-electron chi connectivity index (χ3n) is 3.48. The van der Waals surface area contributed by atoms with E-state index in [2.05, 4.69) is 5.32 Å². The van der Waals surface area contributed by atoms with Crippen molar-refractivity contribution in [2.24, 2.45) is 5.73 Å². The molecule has 1 aliphatic heterocycles. The second kappa shape index (κ2) is 7.26. The lowest BCUT2D eigenvalue weighted by Gasteiger charge is -2.32. The number of nitrogens with two attached hydrogens (primary N) is 1. The van der Waals surface area contributed by atoms with Crippen LogP contribution in [0.3, 0.4) is 0 Å². The Hall–Kier alpha value is -1.59. The van der Waals surface area contributed by atoms with Gasteiger partial charge in [-0.05, 0) is 37.5 Å². The molecule has 1 atom stereocenters. The van der Waals surface area contributed by atoms with Crippen molar-refractivity contribution < 1.29 is 9.53 Å². The Morgan fingerprint density at radius 3 is 3.15 bits per heavy atom. The number of hydrogen-bond donors (Lipinski definition) is 2. The minimum absolute atomic E-state index is 0.0661. The molecule has 0 radical (unpaired) electrons. The number of carbonyl (C=O) groups excluding carboxylic acids is 1. The van der Waals surface area contributed by atoms with Gasteiger partial charge in [-0.2, -0.15) is 0 Å². The Labute approximate surface area is 120 Å². The van der Waals surface area contributed by atoms with Crippen molar-refractivity contribution in [2.45, 2.75) is 32.4 Å². The monoisotopic (exact) mass is 277 g/mol. The van der Waals surface area contributed by atoms with Gasteiger partial charge in [0.05, 0.1) is 6.10 Å². The zero-order valence-electron chi connectivity index (χ0n) is 12.0. The summed E-state index contributed by atoms with van der Waals surface area (Å²) in [6.45, 7) is 4.60. The maximum atomic E-state index is 12.2. The molecule has 1 heterocycles. The summed E-state index contributed by atoms with van der Waals surface area (Å²) in [5.74, 6) is 0. The van der Waals surface area contributed by atoms with E-state index in [9.17, 15) is 4.79 Å². The molecule has 1 fully saturated rings. The smallest absolute Gasteiger partial charge is 0.321 e. The molecular weight excluding hydrogens is 254 g/mol. The van der Waals surface area contributed by atoms with E-state index in [0.717, 1.165) is 30.6 Å². The highest BCUT2D eigenvalue weighted by Crippen LogP contribution is 2.16. The zero-order valence-corrected chi connectivity index (χ0v) is 12.0. The Bertz CT molecular complexity index is 448. The van der Waals surface area contributed by atoms with Crippen molar-refractivity contribution in [3.8, 4) is 0 Å². The topological polar surface area (TPSA) is 67.6 Å². The number of nitrogens with one attached hydrogen (secondary N) is 1. The van der Waals surface area contributed by atoms with Gasteiger partial charge in [-0.25, -0.2) is 4.79 Å². The van der Waals surface area contributed by atoms with Crippen molar-refractivity contribution in [1.82, 2.24) is 4.90 Å². The number of ether oxygens (including phenoxy) is 1. The number of piperidine rings is 1. The number of amides is 2. The van der Waals surface area contributed by atoms with Gasteiger partial charge in [0.2, 0.25) is 0 Å². The molecule has 0 aliphatic carbocycles. The summed E-state index contributed by atoms with van der Waals surface area (Å²) in [4.78, 5) is 14.1. The summed E-state index contributed by atoms with van der Waals surface area (Å²) in [6.07, 6.45) is 2.18. The van der Waals surface area contributed by atoms with Crippen LogP contribution in [0.4, 0.5) is 10.5 Å². The quantitative estimate of drug-likeness (QED) is 0.886. The summed E-state index contributed by atoms with van der Waals surface area (Å²) < 4.78 is 5.61. The number of likely N-dealkylation sites (tertiary alicyclic amines) is 1. The van der Waals surface area contributed by atoms with Gasteiger partial charge < -0.3 is 20.7 Å². The molecule has 1 aliphatic rings. The highest BCUT2D eigenvalue weighted by atomic mass is 16.5. The highest BCUT2D eigenvalue weighted by Gasteiger charge is 2.23. The van der Waals surface area contributed by atoms with Gasteiger partial charge in [0, 0.05) is 31.9 Å². The second-order valence-electron chi connectivity index (χ2n) is 5.00. The second-order valence-corrected chi connectivity index (χ2v) is 5.00. The van der Waals surface area contributed by atoms with Crippen LogP contribution in [0.2, 0.25) is 0 Å². The van der Waals surface area contributed by atoms with Crippen molar-refractivity contribution in [3.63, 3.8) is 0 Å². The van der Waals surface area contributed by atoms with E-state index in [1.54, 1.807) is 0 Å². The molecule has 2 rings (SSSR count). The maximum Gasteiger partial charge on any atom is 0.321 e. The molecule has 2 amide bonds. The van der Waals surface area contributed by atoms with Crippen molar-refractivity contribution in [1.29, 1.82) is 0 Å². The van der Waals surface area contributed by atoms with E-state index in [1.165, 1.54) is 0 Å². The van der Waals surface area contributed by atoms with Crippen LogP contribution in [0, 0.1) is 0 Å². The number of hydrogen-bond acceptors (Lipinski definition) is 3. The maximum absolute atomic E-state index is 12.2. The average Bonchev–Trinajstić information content (AvgIpc) is 2.48. The van der Waals surface area contributed by atoms with E-state index in [1.807, 2.05) is 36.1 Å². The van der Waals surface area contributed by atoms with Crippen molar-refractivity contribution in [2.75, 3.05) is 25.0 Å². The molecule has 1 unspecified atom stereocenters. The molecular formula is C15H23N3O2. The minimum atomic E-state index is -0.0661. The summed E-state index contributed by atoms with van der Waals surface area (Å²) in [5, 5.41) is 2.92. The first-order valence-corrected chi connectivity index (χ1v) is 7.19. The third kappa shape index (κ3) is 3.95. The fourth-order valence-electron chi connectivity index (χ4n) is 2.47. The van der Waals surface area contributed by atoms with E-state index in [-0.39, 0.29) is 12.1 Å². The summed E-state index contributed by atoms with van der Waals surface area (Å²) in [5.41, 5.74) is 7.40. The lowest BCUT2D eigenvalue weighted by atomic mass is 10.1. The Balaban J connectivity index is 1.93. The highest BCUT2D eigenvalue weighted by molar-refractivity contribution is 5.89. The largest absolute Gasteiger partial charge is 0.377 e. The van der Waals surface area contributed by atoms with Crippen molar-refractivity contribution >= 4 is 11.7 Å². The SMILES string of the molecule is CCOC1CCCN(C(=O)Nc2cccc(CN)c2)C1. The van der Waals surface area contributed by atoms with Crippen LogP contribution in [0.15, 0.2) is 24.3 Å². The molecule has 5 nitrogen and oxygen atoms in total. The van der Waals surface area contributed by atoms with Gasteiger partial charge in [-0.15, -0.1) is 0 Å². The van der Waals surface area contributed by atoms with Crippen LogP contribution < -0.4 is 11.1 Å². The summed E-state index contributed by atoms with van der Waals surface area (Å²) in [6, 6.07) is 7.56. The number of rotatable bonds is 4. The Morgan fingerprint density at radius 2 is 2.40 bits per heavy atom. The van der Waals surface area contributed by atoms with Crippen LogP contribution in [-0.4, -0.2) is 36.7 Å². The lowest BCUT2D eigenvalue weighted by molar-refractivity contribution is 0.0181. The predicted molar refractivity (Wildman–Crippen MR) is 79.6 cm³/mol. The van der Waals surface area contributed by atoms with Gasteiger partial charge in [0.15, 0.2) is 0 Å². The van der Waals surface area contributed by atoms with Crippen LogP contribution in [0.1, 0.15) is 25.3 Å². The molecule has 20 heavy (non-hydrogen) atoms. The third-order valence-corrected chi connectivity index (χ3v) is 3.48. The number of carbonyl (C=O) groups is 1. The molecule has 1 aromatic rings. The van der Waals surface area contributed by atoms with Gasteiger partial charge in [-0.1, -0.05) is 12.1 Å². The number of benzene rings is 1. The number of anilines is 1. The predicted octanol–water partition coefficient (Wildman–Crippen LogP) is 2.18. The number of urea groups is 1. The first kappa shape index (κ1) is 14.8. The number of nitrogens with zero attached hydrogens (tertiary/aromatic N) is 1. The van der Waals surface area contributed by atoms with E-state index in [4.69, 9.17) is 10.5 Å². The standard InChI is InChI=1S/C15H23N3O2/c1-2-20-14-7-4-8-18(11-14)15(19)17-13-6-3-5-12(9-13)10-16/h3,5-6,9,14H,2,4,7-8,10-11,16H2,1H3,(H,17,19). The van der Waals surface area contributed by atoms with Crippen LogP contribution >= 0.6 is 0 Å². The molecule has 3 N–H and O–H groups in total. The van der Waals surface area contributed by atoms with Gasteiger partial charge in [-0.3, -0.25) is 0 Å². The molecule has 1 saturated heterocycles. The normalized spacial score (nSPS) is 18.9. The first-order chi connectivity index (χ1) is 9.72. The van der Waals surface area contributed by atoms with Gasteiger partial charge >= 0.3 is 6.03 Å². The van der Waals surface area contributed by atoms with Crippen LogP contribution in [0.25, 0.3) is 0 Å². The lowest BCUT2D eigenvalue weighted by Crippen LogP contribution is -2.45. The van der Waals surface area contributed by atoms with Crippen LogP contribution in [0.5, 0.6) is 0 Å². The molecule has 110 valence electrons. The molecule has 5 heteroatoms. The fraction of sp³-hybridized carbons (Fsp3) is 0.533. The van der Waals surface area contributed by atoms with Crippen LogP contribution in [-0.2, 0) is 11.3 Å². The van der Waals surface area contributed by atoms with E-state index < -0.39 is 0 Å². The van der Waals surface area contributed by atoms with Gasteiger partial charge in [0.1, 0.15) is 0 Å². The Kier molecular flexibility index (Phi) is 5.38. The fourth-order valence-corrected chi connectivity index (χ4v) is 2.47. The molecule has 0 bridgehead atoms. The molecule has 0 aromatic heterocycles. The average molecular weight is 277 g/mol. The zero-order chi connectivity index (χ0) is 14.4. The summed E-state index contributed by atoms with van der Waals surface area (Å²) >= 11 is 0. The van der Waals surface area contributed by atoms with E-state index >= 15 is 0 Å². The first-order valence-electron chi connectivity index (χ1n) is 7.19. The minimum Gasteiger partial charge on any atom is -0.377 e. The Morgan fingerprint density at radius 1 is 1.55 bits per heavy atom.